The van der Waals surface area contributed by atoms with Gasteiger partial charge in [-0.1, -0.05) is 92.1 Å². The van der Waals surface area contributed by atoms with Crippen molar-refractivity contribution >= 4 is 11.9 Å². The summed E-state index contributed by atoms with van der Waals surface area (Å²) < 4.78 is 17.6. The number of carboxylic acids is 1. The molecule has 0 aromatic heterocycles. The fourth-order valence-corrected chi connectivity index (χ4v) is 5.35. The van der Waals surface area contributed by atoms with Crippen molar-refractivity contribution in [1.29, 1.82) is 0 Å². The molecular weight excluding hydrogens is 566 g/mol. The number of carbonyl (C=O) groups is 2. The zero-order valence-electron chi connectivity index (χ0n) is 26.2. The van der Waals surface area contributed by atoms with E-state index in [0.717, 1.165) is 49.7 Å². The van der Waals surface area contributed by atoms with Gasteiger partial charge in [-0.3, -0.25) is 9.59 Å². The summed E-state index contributed by atoms with van der Waals surface area (Å²) in [6.45, 7) is 0.752. The fraction of sp³-hybridized carbons (Fsp3) is 0.316. The van der Waals surface area contributed by atoms with E-state index in [1.54, 1.807) is 20.3 Å². The van der Waals surface area contributed by atoms with E-state index >= 15 is 0 Å². The van der Waals surface area contributed by atoms with Crippen molar-refractivity contribution in [2.24, 2.45) is 0 Å². The van der Waals surface area contributed by atoms with Crippen LogP contribution in [0.5, 0.6) is 17.2 Å². The first kappa shape index (κ1) is 33.1. The zero-order chi connectivity index (χ0) is 31.9. The van der Waals surface area contributed by atoms with Crippen LogP contribution >= 0.6 is 0 Å². The average Bonchev–Trinajstić information content (AvgIpc) is 3.08. The van der Waals surface area contributed by atoms with Crippen molar-refractivity contribution < 1.29 is 28.9 Å². The summed E-state index contributed by atoms with van der Waals surface area (Å²) in [5, 5.41) is 12.3. The molecule has 0 bridgehead atoms. The summed E-state index contributed by atoms with van der Waals surface area (Å²) in [6.07, 6.45) is 6.80. The molecule has 4 aromatic carbocycles. The minimum Gasteiger partial charge on any atom is -0.497 e. The van der Waals surface area contributed by atoms with Crippen LogP contribution in [0, 0.1) is 0 Å². The maximum Gasteiger partial charge on any atom is 0.303 e. The molecule has 1 amide bonds. The number of rotatable bonds is 18. The molecule has 4 aromatic rings. The van der Waals surface area contributed by atoms with Gasteiger partial charge in [0.05, 0.1) is 32.0 Å². The smallest absolute Gasteiger partial charge is 0.303 e. The van der Waals surface area contributed by atoms with Gasteiger partial charge in [-0.05, 0) is 60.6 Å². The second kappa shape index (κ2) is 17.5. The zero-order valence-corrected chi connectivity index (χ0v) is 26.2. The summed E-state index contributed by atoms with van der Waals surface area (Å²) in [6, 6.07) is 29.6. The Morgan fingerprint density at radius 3 is 2.04 bits per heavy atom. The van der Waals surface area contributed by atoms with Crippen LogP contribution in [-0.4, -0.2) is 44.4 Å². The van der Waals surface area contributed by atoms with Crippen LogP contribution in [-0.2, 0) is 11.2 Å². The summed E-state index contributed by atoms with van der Waals surface area (Å²) in [4.78, 5) is 24.9. The van der Waals surface area contributed by atoms with Gasteiger partial charge in [-0.2, -0.15) is 0 Å². The van der Waals surface area contributed by atoms with Crippen LogP contribution in [0.2, 0.25) is 0 Å². The number of unbranched alkanes of at least 4 members (excludes halogenated alkanes) is 4. The Bertz CT molecular complexity index is 1500. The SMILES string of the molecule is COc1ccc(-c2cc(C(=O)NCCCCCCCc3ccccc3)c(OC)c(-c3ccccc3)c2OCCCC(=O)O)cc1. The van der Waals surface area contributed by atoms with Crippen LogP contribution in [0.4, 0.5) is 0 Å². The van der Waals surface area contributed by atoms with Gasteiger partial charge in [0.1, 0.15) is 17.2 Å². The van der Waals surface area contributed by atoms with E-state index in [-0.39, 0.29) is 18.9 Å². The molecule has 0 atom stereocenters. The lowest BCUT2D eigenvalue weighted by molar-refractivity contribution is -0.137. The van der Waals surface area contributed by atoms with Gasteiger partial charge in [-0.25, -0.2) is 0 Å². The Morgan fingerprint density at radius 1 is 0.711 bits per heavy atom. The number of ether oxygens (including phenoxy) is 3. The largest absolute Gasteiger partial charge is 0.497 e. The third kappa shape index (κ3) is 9.60. The summed E-state index contributed by atoms with van der Waals surface area (Å²) >= 11 is 0. The monoisotopic (exact) mass is 609 g/mol. The number of carbonyl (C=O) groups excluding carboxylic acids is 1. The van der Waals surface area contributed by atoms with Crippen LogP contribution < -0.4 is 19.5 Å². The highest BCUT2D eigenvalue weighted by atomic mass is 16.5. The molecule has 0 saturated heterocycles. The normalized spacial score (nSPS) is 10.7. The molecule has 4 rings (SSSR count). The molecule has 0 aliphatic rings. The number of aryl methyl sites for hydroxylation is 1. The van der Waals surface area contributed by atoms with Crippen LogP contribution in [0.3, 0.4) is 0 Å². The molecule has 7 nitrogen and oxygen atoms in total. The molecule has 7 heteroatoms. The molecule has 0 radical (unpaired) electrons. The van der Waals surface area contributed by atoms with Gasteiger partial charge in [0.25, 0.3) is 5.91 Å². The molecule has 0 aliphatic carbocycles. The minimum atomic E-state index is -0.881. The van der Waals surface area contributed by atoms with Gasteiger partial charge in [0, 0.05) is 18.5 Å². The second-order valence-electron chi connectivity index (χ2n) is 10.9. The number of hydrogen-bond acceptors (Lipinski definition) is 5. The average molecular weight is 610 g/mol. The number of benzene rings is 4. The Balaban J connectivity index is 1.56. The molecule has 0 fully saturated rings. The first-order valence-corrected chi connectivity index (χ1v) is 15.6. The first-order chi connectivity index (χ1) is 22.0. The lowest BCUT2D eigenvalue weighted by atomic mass is 9.92. The van der Waals surface area contributed by atoms with Gasteiger partial charge in [-0.15, -0.1) is 0 Å². The van der Waals surface area contributed by atoms with E-state index < -0.39 is 5.97 Å². The Morgan fingerprint density at radius 2 is 1.38 bits per heavy atom. The number of carboxylic acid groups (broad SMARTS) is 1. The van der Waals surface area contributed by atoms with Crippen molar-refractivity contribution in [2.75, 3.05) is 27.4 Å². The predicted molar refractivity (Wildman–Crippen MR) is 178 cm³/mol. The van der Waals surface area contributed by atoms with E-state index in [0.29, 0.717) is 46.9 Å². The Labute approximate surface area is 266 Å². The third-order valence-electron chi connectivity index (χ3n) is 7.70. The Hall–Kier alpha value is -4.78. The van der Waals surface area contributed by atoms with E-state index in [2.05, 4.69) is 29.6 Å². The summed E-state index contributed by atoms with van der Waals surface area (Å²) in [5.41, 5.74) is 4.78. The van der Waals surface area contributed by atoms with Gasteiger partial charge < -0.3 is 24.6 Å². The lowest BCUT2D eigenvalue weighted by Gasteiger charge is -2.22. The summed E-state index contributed by atoms with van der Waals surface area (Å²) in [7, 11) is 3.16. The van der Waals surface area contributed by atoms with Crippen LogP contribution in [0.1, 0.15) is 60.9 Å². The third-order valence-corrected chi connectivity index (χ3v) is 7.70. The molecule has 0 saturated carbocycles. The molecule has 236 valence electrons. The van der Waals surface area contributed by atoms with Crippen molar-refractivity contribution in [2.45, 2.75) is 51.4 Å². The van der Waals surface area contributed by atoms with Gasteiger partial charge in [0.15, 0.2) is 0 Å². The second-order valence-corrected chi connectivity index (χ2v) is 10.9. The molecule has 2 N–H and O–H groups in total. The summed E-state index contributed by atoms with van der Waals surface area (Å²) in [5.74, 6) is 0.539. The Kier molecular flexibility index (Phi) is 12.9. The van der Waals surface area contributed by atoms with E-state index in [4.69, 9.17) is 19.3 Å². The molecule has 45 heavy (non-hydrogen) atoms. The molecule has 0 spiro atoms. The van der Waals surface area contributed by atoms with E-state index in [1.165, 1.54) is 5.56 Å². The standard InChI is InChI=1S/C38H43NO6/c1-43-31-23-21-29(22-24-31)32-27-33(38(42)39-25-13-5-3-4-8-15-28-16-9-6-10-17-28)36(44-2)35(30-18-11-7-12-19-30)37(32)45-26-14-20-34(40)41/h6-7,9-12,16-19,21-24,27H,3-5,8,13-15,20,25-26H2,1-2H3,(H,39,42)(H,40,41). The first-order valence-electron chi connectivity index (χ1n) is 15.6. The topological polar surface area (TPSA) is 94.1 Å². The van der Waals surface area contributed by atoms with Crippen LogP contribution in [0.15, 0.2) is 91.0 Å². The molecule has 0 heterocycles. The van der Waals surface area contributed by atoms with Crippen molar-refractivity contribution in [3.63, 3.8) is 0 Å². The number of amides is 1. The molecule has 0 unspecified atom stereocenters. The minimum absolute atomic E-state index is 0.0107. The predicted octanol–water partition coefficient (Wildman–Crippen LogP) is 8.20. The molecule has 0 aliphatic heterocycles. The van der Waals surface area contributed by atoms with Gasteiger partial charge in [0.2, 0.25) is 0 Å². The number of hydrogen-bond donors (Lipinski definition) is 2. The van der Waals surface area contributed by atoms with Crippen LogP contribution in [0.25, 0.3) is 22.3 Å². The number of methoxy groups -OCH3 is 2. The van der Waals surface area contributed by atoms with Crippen molar-refractivity contribution in [3.05, 3.63) is 102 Å². The highest BCUT2D eigenvalue weighted by molar-refractivity contribution is 6.03. The van der Waals surface area contributed by atoms with Crippen molar-refractivity contribution in [3.8, 4) is 39.5 Å². The quantitative estimate of drug-likeness (QED) is 0.110. The number of nitrogens with one attached hydrogen (secondary N) is 1. The van der Waals surface area contributed by atoms with E-state index in [9.17, 15) is 9.59 Å². The van der Waals surface area contributed by atoms with Crippen molar-refractivity contribution in [1.82, 2.24) is 5.32 Å². The highest BCUT2D eigenvalue weighted by Gasteiger charge is 2.26. The maximum absolute atomic E-state index is 13.7. The van der Waals surface area contributed by atoms with Gasteiger partial charge >= 0.3 is 5.97 Å². The number of aliphatic carboxylic acids is 1. The highest BCUT2D eigenvalue weighted by Crippen LogP contribution is 2.47. The lowest BCUT2D eigenvalue weighted by Crippen LogP contribution is -2.25. The molecular formula is C38H43NO6. The fourth-order valence-electron chi connectivity index (χ4n) is 5.35. The van der Waals surface area contributed by atoms with E-state index in [1.807, 2.05) is 60.7 Å². The maximum atomic E-state index is 13.7.